The monoisotopic (exact) mass is 409 g/mol. The summed E-state index contributed by atoms with van der Waals surface area (Å²) in [5.74, 6) is -4.01. The molecule has 0 aromatic heterocycles. The van der Waals surface area contributed by atoms with Gasteiger partial charge in [0.1, 0.15) is 17.8 Å². The van der Waals surface area contributed by atoms with Crippen LogP contribution in [0, 0.1) is 5.92 Å². The van der Waals surface area contributed by atoms with E-state index in [2.05, 4.69) is 10.6 Å². The van der Waals surface area contributed by atoms with E-state index < -0.39 is 48.3 Å². The second-order valence-electron chi connectivity index (χ2n) is 7.17. The van der Waals surface area contributed by atoms with E-state index in [1.54, 1.807) is 0 Å². The Labute approximate surface area is 168 Å². The standard InChI is InChI=1S/C19H27N3O7/c1-10(2)7-14(21-17(26)13(20)9-16(24)25)18(27)22-15(19(28)29)8-11-3-5-12(23)6-4-11/h3-6,10,13-15,23H,7-9,20H2,1-2H3,(H,21,26)(H,22,27)(H,24,25)(H,28,29)/t13-,14-,15-/m0/s1. The molecule has 0 heterocycles. The van der Waals surface area contributed by atoms with Gasteiger partial charge < -0.3 is 31.7 Å². The lowest BCUT2D eigenvalue weighted by Gasteiger charge is -2.24. The predicted molar refractivity (Wildman–Crippen MR) is 103 cm³/mol. The number of phenols is 1. The molecule has 29 heavy (non-hydrogen) atoms. The van der Waals surface area contributed by atoms with Gasteiger partial charge in [0.05, 0.1) is 12.5 Å². The highest BCUT2D eigenvalue weighted by atomic mass is 16.4. The van der Waals surface area contributed by atoms with Crippen LogP contribution in [0.4, 0.5) is 0 Å². The molecule has 10 nitrogen and oxygen atoms in total. The van der Waals surface area contributed by atoms with E-state index in [9.17, 15) is 29.4 Å². The molecule has 0 saturated heterocycles. The van der Waals surface area contributed by atoms with E-state index >= 15 is 0 Å². The Bertz CT molecular complexity index is 734. The summed E-state index contributed by atoms with van der Waals surface area (Å²) in [7, 11) is 0. The normalized spacial score (nSPS) is 13.9. The topological polar surface area (TPSA) is 179 Å². The van der Waals surface area contributed by atoms with Crippen LogP contribution in [0.15, 0.2) is 24.3 Å². The van der Waals surface area contributed by atoms with Crippen LogP contribution < -0.4 is 16.4 Å². The zero-order valence-electron chi connectivity index (χ0n) is 16.3. The Kier molecular flexibility index (Phi) is 9.07. The van der Waals surface area contributed by atoms with Crippen molar-refractivity contribution in [3.05, 3.63) is 29.8 Å². The number of aromatic hydroxyl groups is 1. The minimum Gasteiger partial charge on any atom is -0.508 e. The number of nitrogens with one attached hydrogen (secondary N) is 2. The largest absolute Gasteiger partial charge is 0.508 e. The molecule has 0 saturated carbocycles. The van der Waals surface area contributed by atoms with Crippen molar-refractivity contribution >= 4 is 23.8 Å². The van der Waals surface area contributed by atoms with Gasteiger partial charge >= 0.3 is 11.9 Å². The number of benzene rings is 1. The van der Waals surface area contributed by atoms with Gasteiger partial charge in [-0.15, -0.1) is 0 Å². The SMILES string of the molecule is CC(C)C[C@H](NC(=O)[C@@H](N)CC(=O)O)C(=O)N[C@@H](Cc1ccc(O)cc1)C(=O)O. The van der Waals surface area contributed by atoms with Crippen LogP contribution in [-0.2, 0) is 25.6 Å². The van der Waals surface area contributed by atoms with Crippen LogP contribution in [0.25, 0.3) is 0 Å². The Hall–Kier alpha value is -3.14. The highest BCUT2D eigenvalue weighted by Crippen LogP contribution is 2.12. The number of carboxylic acids is 2. The molecule has 2 amide bonds. The van der Waals surface area contributed by atoms with Gasteiger partial charge in [-0.05, 0) is 30.0 Å². The van der Waals surface area contributed by atoms with Crippen molar-refractivity contribution < 1.29 is 34.5 Å². The first-order chi connectivity index (χ1) is 13.5. The molecule has 160 valence electrons. The lowest BCUT2D eigenvalue weighted by atomic mass is 10.0. The minimum atomic E-state index is -1.33. The van der Waals surface area contributed by atoms with Crippen molar-refractivity contribution in [1.29, 1.82) is 0 Å². The van der Waals surface area contributed by atoms with Crippen molar-refractivity contribution in [3.8, 4) is 5.75 Å². The van der Waals surface area contributed by atoms with Crippen LogP contribution >= 0.6 is 0 Å². The molecule has 0 bridgehead atoms. The van der Waals surface area contributed by atoms with Crippen molar-refractivity contribution in [2.75, 3.05) is 0 Å². The summed E-state index contributed by atoms with van der Waals surface area (Å²) in [6.07, 6.45) is -0.411. The van der Waals surface area contributed by atoms with Gasteiger partial charge in [0.2, 0.25) is 11.8 Å². The molecule has 0 spiro atoms. The molecule has 0 fully saturated rings. The van der Waals surface area contributed by atoms with E-state index in [4.69, 9.17) is 10.8 Å². The quantitative estimate of drug-likeness (QED) is 0.292. The molecule has 3 atom stereocenters. The van der Waals surface area contributed by atoms with E-state index in [0.717, 1.165) is 0 Å². The number of carbonyl (C=O) groups is 4. The maximum atomic E-state index is 12.6. The van der Waals surface area contributed by atoms with E-state index in [1.165, 1.54) is 24.3 Å². The van der Waals surface area contributed by atoms with Gasteiger partial charge in [-0.25, -0.2) is 4.79 Å². The number of aliphatic carboxylic acids is 2. The number of hydrogen-bond donors (Lipinski definition) is 6. The number of nitrogens with two attached hydrogens (primary N) is 1. The van der Waals surface area contributed by atoms with Crippen LogP contribution in [0.1, 0.15) is 32.3 Å². The first kappa shape index (κ1) is 23.9. The first-order valence-corrected chi connectivity index (χ1v) is 9.08. The van der Waals surface area contributed by atoms with Crippen molar-refractivity contribution in [2.45, 2.75) is 51.2 Å². The number of carbonyl (C=O) groups excluding carboxylic acids is 2. The zero-order valence-corrected chi connectivity index (χ0v) is 16.3. The highest BCUT2D eigenvalue weighted by molar-refractivity contribution is 5.93. The zero-order chi connectivity index (χ0) is 22.1. The summed E-state index contributed by atoms with van der Waals surface area (Å²) in [6.45, 7) is 3.63. The van der Waals surface area contributed by atoms with Crippen LogP contribution in [0.5, 0.6) is 5.75 Å². The summed E-state index contributed by atoms with van der Waals surface area (Å²) < 4.78 is 0. The molecular formula is C19H27N3O7. The molecule has 0 radical (unpaired) electrons. The van der Waals surface area contributed by atoms with E-state index in [1.807, 2.05) is 13.8 Å². The maximum absolute atomic E-state index is 12.6. The van der Waals surface area contributed by atoms with Gasteiger partial charge in [0.15, 0.2) is 0 Å². The molecule has 0 unspecified atom stereocenters. The number of amides is 2. The van der Waals surface area contributed by atoms with Crippen molar-refractivity contribution in [2.24, 2.45) is 11.7 Å². The fourth-order valence-corrected chi connectivity index (χ4v) is 2.60. The Morgan fingerprint density at radius 2 is 1.52 bits per heavy atom. The molecule has 1 aromatic carbocycles. The molecular weight excluding hydrogens is 382 g/mol. The summed E-state index contributed by atoms with van der Waals surface area (Å²) >= 11 is 0. The van der Waals surface area contributed by atoms with Crippen molar-refractivity contribution in [3.63, 3.8) is 0 Å². The number of rotatable bonds is 11. The van der Waals surface area contributed by atoms with Crippen LogP contribution in [-0.4, -0.2) is 57.2 Å². The molecule has 0 aliphatic carbocycles. The Morgan fingerprint density at radius 1 is 0.966 bits per heavy atom. The van der Waals surface area contributed by atoms with Crippen molar-refractivity contribution in [1.82, 2.24) is 10.6 Å². The second-order valence-corrected chi connectivity index (χ2v) is 7.17. The maximum Gasteiger partial charge on any atom is 0.326 e. The predicted octanol–water partition coefficient (Wildman–Crippen LogP) is -0.163. The second kappa shape index (κ2) is 11.0. The smallest absolute Gasteiger partial charge is 0.326 e. The highest BCUT2D eigenvalue weighted by Gasteiger charge is 2.29. The third-order valence-corrected chi connectivity index (χ3v) is 4.06. The summed E-state index contributed by atoms with van der Waals surface area (Å²) in [6, 6.07) is 2.23. The van der Waals surface area contributed by atoms with Crippen LogP contribution in [0.2, 0.25) is 0 Å². The average Bonchev–Trinajstić information content (AvgIpc) is 2.61. The van der Waals surface area contributed by atoms with Crippen LogP contribution in [0.3, 0.4) is 0 Å². The summed E-state index contributed by atoms with van der Waals surface area (Å²) in [4.78, 5) is 47.0. The van der Waals surface area contributed by atoms with Gasteiger partial charge in [-0.2, -0.15) is 0 Å². The average molecular weight is 409 g/mol. The first-order valence-electron chi connectivity index (χ1n) is 9.08. The van der Waals surface area contributed by atoms with E-state index in [0.29, 0.717) is 5.56 Å². The molecule has 10 heteroatoms. The third kappa shape index (κ3) is 8.60. The number of carboxylic acid groups (broad SMARTS) is 2. The third-order valence-electron chi connectivity index (χ3n) is 4.06. The van der Waals surface area contributed by atoms with Gasteiger partial charge in [-0.3, -0.25) is 14.4 Å². The molecule has 1 rings (SSSR count). The Morgan fingerprint density at radius 3 is 2.00 bits per heavy atom. The molecule has 0 aliphatic heterocycles. The molecule has 1 aromatic rings. The lowest BCUT2D eigenvalue weighted by molar-refractivity contribution is -0.142. The van der Waals surface area contributed by atoms with E-state index in [-0.39, 0.29) is 24.5 Å². The molecule has 0 aliphatic rings. The minimum absolute atomic E-state index is 0.0119. The number of phenolic OH excluding ortho intramolecular Hbond substituents is 1. The van der Waals surface area contributed by atoms with Gasteiger partial charge in [0, 0.05) is 6.42 Å². The Balaban J connectivity index is 2.87. The lowest BCUT2D eigenvalue weighted by Crippen LogP contribution is -2.55. The summed E-state index contributed by atoms with van der Waals surface area (Å²) in [5, 5.41) is 32.3. The van der Waals surface area contributed by atoms with Gasteiger partial charge in [0.25, 0.3) is 0 Å². The fourth-order valence-electron chi connectivity index (χ4n) is 2.60. The fraction of sp³-hybridized carbons (Fsp3) is 0.474. The van der Waals surface area contributed by atoms with Gasteiger partial charge in [-0.1, -0.05) is 26.0 Å². The number of hydrogen-bond acceptors (Lipinski definition) is 6. The summed E-state index contributed by atoms with van der Waals surface area (Å²) in [5.41, 5.74) is 6.11. The molecule has 7 N–H and O–H groups in total.